The van der Waals surface area contributed by atoms with Crippen molar-refractivity contribution in [2.24, 2.45) is 5.92 Å². The summed E-state index contributed by atoms with van der Waals surface area (Å²) in [5.41, 5.74) is 1.01. The average Bonchev–Trinajstić information content (AvgIpc) is 2.41. The molecule has 1 saturated heterocycles. The van der Waals surface area contributed by atoms with Crippen LogP contribution >= 0.6 is 0 Å². The minimum atomic E-state index is 0.000801. The van der Waals surface area contributed by atoms with Gasteiger partial charge in [0.2, 0.25) is 5.91 Å². The Morgan fingerprint density at radius 2 is 2.17 bits per heavy atom. The molecule has 1 amide bonds. The van der Waals surface area contributed by atoms with Crippen LogP contribution in [-0.4, -0.2) is 36.2 Å². The molecule has 1 aliphatic rings. The topological polar surface area (TPSA) is 49.8 Å². The Hall–Kier alpha value is -1.55. The molecule has 1 unspecified atom stereocenters. The molecule has 4 nitrogen and oxygen atoms in total. The van der Waals surface area contributed by atoms with E-state index in [2.05, 4.69) is 0 Å². The second-order valence-electron chi connectivity index (χ2n) is 4.77. The fourth-order valence-electron chi connectivity index (χ4n) is 2.20. The summed E-state index contributed by atoms with van der Waals surface area (Å²) in [6.45, 7) is 1.87. The number of hydrogen-bond acceptors (Lipinski definition) is 3. The van der Waals surface area contributed by atoms with Gasteiger partial charge in [-0.05, 0) is 30.5 Å². The van der Waals surface area contributed by atoms with Crippen LogP contribution in [0.4, 0.5) is 0 Å². The Labute approximate surface area is 107 Å². The van der Waals surface area contributed by atoms with Crippen LogP contribution in [0.2, 0.25) is 0 Å². The first kappa shape index (κ1) is 12.9. The molecule has 0 bridgehead atoms. The molecule has 0 aromatic heterocycles. The minimum absolute atomic E-state index is 0.000801. The Morgan fingerprint density at radius 3 is 2.78 bits per heavy atom. The molecule has 0 spiro atoms. The highest BCUT2D eigenvalue weighted by Crippen LogP contribution is 2.17. The Balaban J connectivity index is 1.92. The maximum Gasteiger partial charge on any atom is 0.228 e. The lowest BCUT2D eigenvalue weighted by molar-refractivity contribution is -0.138. The first-order valence-electron chi connectivity index (χ1n) is 6.27. The molecular weight excluding hydrogens is 230 g/mol. The Bertz CT molecular complexity index is 396. The van der Waals surface area contributed by atoms with Crippen molar-refractivity contribution in [3.05, 3.63) is 29.8 Å². The number of rotatable bonds is 3. The number of carbonyl (C=O) groups excluding carboxylic acids is 1. The summed E-state index contributed by atoms with van der Waals surface area (Å²) in [6, 6.07) is 6.93. The first-order chi connectivity index (χ1) is 8.66. The molecular formula is C14H19NO3. The van der Waals surface area contributed by atoms with E-state index in [1.807, 2.05) is 19.2 Å². The van der Waals surface area contributed by atoms with Gasteiger partial charge in [-0.1, -0.05) is 12.1 Å². The molecule has 1 atom stereocenters. The van der Waals surface area contributed by atoms with E-state index < -0.39 is 0 Å². The lowest BCUT2D eigenvalue weighted by atomic mass is 10.0. The number of amides is 1. The number of ether oxygens (including phenoxy) is 1. The Kier molecular flexibility index (Phi) is 4.20. The second-order valence-corrected chi connectivity index (χ2v) is 4.77. The normalized spacial score (nSPS) is 19.5. The molecule has 1 aliphatic heterocycles. The van der Waals surface area contributed by atoms with Gasteiger partial charge in [-0.2, -0.15) is 0 Å². The smallest absolute Gasteiger partial charge is 0.228 e. The summed E-state index contributed by atoms with van der Waals surface area (Å²) in [4.78, 5) is 13.9. The van der Waals surface area contributed by atoms with Gasteiger partial charge in [0.1, 0.15) is 5.75 Å². The van der Waals surface area contributed by atoms with Crippen molar-refractivity contribution in [2.75, 3.05) is 20.3 Å². The summed E-state index contributed by atoms with van der Waals surface area (Å²) in [5, 5.41) is 9.21. The van der Waals surface area contributed by atoms with Crippen LogP contribution < -0.4 is 0 Å². The number of nitrogens with zero attached hydrogens (tertiary/aromatic N) is 1. The average molecular weight is 249 g/mol. The number of aromatic hydroxyl groups is 1. The van der Waals surface area contributed by atoms with Crippen LogP contribution in [0.15, 0.2) is 24.3 Å². The Morgan fingerprint density at radius 1 is 1.44 bits per heavy atom. The van der Waals surface area contributed by atoms with E-state index in [1.54, 1.807) is 17.0 Å². The predicted octanol–water partition coefficient (Wildman–Crippen LogP) is 1.78. The summed E-state index contributed by atoms with van der Waals surface area (Å²) in [7, 11) is 1.81. The summed E-state index contributed by atoms with van der Waals surface area (Å²) in [5.74, 6) is 0.386. The molecule has 98 valence electrons. The van der Waals surface area contributed by atoms with Gasteiger partial charge < -0.3 is 14.7 Å². The molecule has 0 saturated carbocycles. The van der Waals surface area contributed by atoms with Gasteiger partial charge in [-0.25, -0.2) is 0 Å². The number of carbonyl (C=O) groups is 1. The van der Waals surface area contributed by atoms with E-state index in [0.29, 0.717) is 13.2 Å². The fraction of sp³-hybridized carbons (Fsp3) is 0.500. The lowest BCUT2D eigenvalue weighted by Gasteiger charge is -2.26. The van der Waals surface area contributed by atoms with Crippen molar-refractivity contribution >= 4 is 5.91 Å². The number of benzene rings is 1. The maximum atomic E-state index is 12.2. The van der Waals surface area contributed by atoms with E-state index in [4.69, 9.17) is 4.74 Å². The van der Waals surface area contributed by atoms with Gasteiger partial charge in [0.25, 0.3) is 0 Å². The third-order valence-corrected chi connectivity index (χ3v) is 3.24. The standard InChI is InChI=1S/C14H19NO3/c1-15(9-11-4-6-13(16)7-5-11)14(17)12-3-2-8-18-10-12/h4-7,12,16H,2-3,8-10H2,1H3. The van der Waals surface area contributed by atoms with Gasteiger partial charge >= 0.3 is 0 Å². The van der Waals surface area contributed by atoms with Crippen LogP contribution in [0.1, 0.15) is 18.4 Å². The highest BCUT2D eigenvalue weighted by molar-refractivity contribution is 5.78. The highest BCUT2D eigenvalue weighted by Gasteiger charge is 2.24. The zero-order chi connectivity index (χ0) is 13.0. The van der Waals surface area contributed by atoms with Crippen LogP contribution in [0.3, 0.4) is 0 Å². The zero-order valence-corrected chi connectivity index (χ0v) is 10.6. The molecule has 1 aromatic rings. The van der Waals surface area contributed by atoms with Gasteiger partial charge in [0.05, 0.1) is 12.5 Å². The quantitative estimate of drug-likeness (QED) is 0.888. The van der Waals surface area contributed by atoms with E-state index in [9.17, 15) is 9.90 Å². The van der Waals surface area contributed by atoms with E-state index in [1.165, 1.54) is 0 Å². The fourth-order valence-corrected chi connectivity index (χ4v) is 2.20. The van der Waals surface area contributed by atoms with Crippen molar-refractivity contribution < 1.29 is 14.6 Å². The van der Waals surface area contributed by atoms with Crippen LogP contribution in [0, 0.1) is 5.92 Å². The van der Waals surface area contributed by atoms with Gasteiger partial charge in [0.15, 0.2) is 0 Å². The lowest BCUT2D eigenvalue weighted by Crippen LogP contribution is -2.36. The predicted molar refractivity (Wildman–Crippen MR) is 68.1 cm³/mol. The van der Waals surface area contributed by atoms with Crippen molar-refractivity contribution in [3.63, 3.8) is 0 Å². The SMILES string of the molecule is CN(Cc1ccc(O)cc1)C(=O)C1CCCOC1. The summed E-state index contributed by atoms with van der Waals surface area (Å²) < 4.78 is 5.34. The number of hydrogen-bond donors (Lipinski definition) is 1. The molecule has 1 fully saturated rings. The minimum Gasteiger partial charge on any atom is -0.508 e. The zero-order valence-electron chi connectivity index (χ0n) is 10.6. The van der Waals surface area contributed by atoms with Crippen LogP contribution in [0.5, 0.6) is 5.75 Å². The van der Waals surface area contributed by atoms with Crippen LogP contribution in [-0.2, 0) is 16.1 Å². The van der Waals surface area contributed by atoms with Gasteiger partial charge in [-0.15, -0.1) is 0 Å². The highest BCUT2D eigenvalue weighted by atomic mass is 16.5. The summed E-state index contributed by atoms with van der Waals surface area (Å²) >= 11 is 0. The molecule has 18 heavy (non-hydrogen) atoms. The van der Waals surface area contributed by atoms with Gasteiger partial charge in [0, 0.05) is 20.2 Å². The van der Waals surface area contributed by atoms with Crippen LogP contribution in [0.25, 0.3) is 0 Å². The summed E-state index contributed by atoms with van der Waals surface area (Å²) in [6.07, 6.45) is 1.88. The van der Waals surface area contributed by atoms with Crippen molar-refractivity contribution in [2.45, 2.75) is 19.4 Å². The third kappa shape index (κ3) is 3.23. The van der Waals surface area contributed by atoms with E-state index in [-0.39, 0.29) is 17.6 Å². The largest absolute Gasteiger partial charge is 0.508 e. The third-order valence-electron chi connectivity index (χ3n) is 3.24. The number of phenols is 1. The van der Waals surface area contributed by atoms with E-state index >= 15 is 0 Å². The molecule has 1 N–H and O–H groups in total. The van der Waals surface area contributed by atoms with Gasteiger partial charge in [-0.3, -0.25) is 4.79 Å². The molecule has 2 rings (SSSR count). The van der Waals surface area contributed by atoms with E-state index in [0.717, 1.165) is 25.0 Å². The van der Waals surface area contributed by atoms with Crippen molar-refractivity contribution in [3.8, 4) is 5.75 Å². The molecule has 0 aliphatic carbocycles. The second kappa shape index (κ2) is 5.87. The molecule has 1 heterocycles. The monoisotopic (exact) mass is 249 g/mol. The molecule has 1 aromatic carbocycles. The maximum absolute atomic E-state index is 12.2. The molecule has 4 heteroatoms. The first-order valence-corrected chi connectivity index (χ1v) is 6.27. The van der Waals surface area contributed by atoms with Crippen molar-refractivity contribution in [1.29, 1.82) is 0 Å². The molecule has 0 radical (unpaired) electrons. The van der Waals surface area contributed by atoms with Crippen molar-refractivity contribution in [1.82, 2.24) is 4.90 Å². The number of phenolic OH excluding ortho intramolecular Hbond substituents is 1.